The number of hydrogen-bond donors (Lipinski definition) is 2. The first kappa shape index (κ1) is 23.0. The molecule has 0 spiro atoms. The molecule has 24 heavy (non-hydrogen) atoms. The van der Waals surface area contributed by atoms with Crippen LogP contribution in [-0.4, -0.2) is 11.2 Å². The van der Waals surface area contributed by atoms with E-state index in [2.05, 4.69) is 0 Å². The van der Waals surface area contributed by atoms with Gasteiger partial charge in [0.2, 0.25) is 0 Å². The van der Waals surface area contributed by atoms with Crippen molar-refractivity contribution in [3.05, 3.63) is 34.9 Å². The first-order valence-electron chi connectivity index (χ1n) is 7.05. The first-order valence-corrected chi connectivity index (χ1v) is 7.05. The van der Waals surface area contributed by atoms with E-state index in [9.17, 15) is 31.4 Å². The Kier molecular flexibility index (Phi) is 8.05. The average molecular weight is 380 g/mol. The topological polar surface area (TPSA) is 46.2 Å². The molecule has 0 saturated carbocycles. The molecule has 2 nitrogen and oxygen atoms in total. The molecule has 2 atom stereocenters. The van der Waals surface area contributed by atoms with Gasteiger partial charge in [0.15, 0.2) is 0 Å². The second-order valence-corrected chi connectivity index (χ2v) is 5.90. The minimum Gasteiger partial charge on any atom is -0.391 e. The lowest BCUT2D eigenvalue weighted by Crippen LogP contribution is -2.27. The predicted molar refractivity (Wildman–Crippen MR) is 80.7 cm³/mol. The summed E-state index contributed by atoms with van der Waals surface area (Å²) < 4.78 is 76.7. The molecule has 0 aliphatic rings. The molecule has 0 bridgehead atoms. The van der Waals surface area contributed by atoms with Gasteiger partial charge in [-0.1, -0.05) is 13.8 Å². The maximum Gasteiger partial charge on any atom is 0.416 e. The molecule has 0 saturated heterocycles. The van der Waals surface area contributed by atoms with E-state index < -0.39 is 35.6 Å². The van der Waals surface area contributed by atoms with Crippen LogP contribution in [0.2, 0.25) is 0 Å². The predicted octanol–water partition coefficient (Wildman–Crippen LogP) is 4.94. The van der Waals surface area contributed by atoms with Gasteiger partial charge in [-0.3, -0.25) is 0 Å². The number of alkyl halides is 6. The van der Waals surface area contributed by atoms with Crippen LogP contribution < -0.4 is 5.73 Å². The van der Waals surface area contributed by atoms with Gasteiger partial charge < -0.3 is 10.8 Å². The van der Waals surface area contributed by atoms with Crippen LogP contribution in [0.3, 0.4) is 0 Å². The Morgan fingerprint density at radius 3 is 1.67 bits per heavy atom. The van der Waals surface area contributed by atoms with Crippen molar-refractivity contribution in [3.63, 3.8) is 0 Å². The first-order chi connectivity index (χ1) is 10.3. The monoisotopic (exact) mass is 379 g/mol. The Morgan fingerprint density at radius 1 is 0.917 bits per heavy atom. The number of aliphatic hydroxyl groups excluding tert-OH is 1. The Balaban J connectivity index is 0.00000529. The van der Waals surface area contributed by atoms with E-state index in [0.717, 1.165) is 0 Å². The van der Waals surface area contributed by atoms with Gasteiger partial charge in [-0.05, 0) is 42.5 Å². The molecule has 0 unspecified atom stereocenters. The van der Waals surface area contributed by atoms with Crippen LogP contribution in [-0.2, 0) is 12.4 Å². The molecule has 0 amide bonds. The molecule has 140 valence electrons. The summed E-state index contributed by atoms with van der Waals surface area (Å²) in [7, 11) is 0. The molecule has 1 aromatic rings. The molecule has 0 radical (unpaired) electrons. The lowest BCUT2D eigenvalue weighted by Gasteiger charge is -2.22. The highest BCUT2D eigenvalue weighted by Crippen LogP contribution is 2.37. The second kappa shape index (κ2) is 8.40. The van der Waals surface area contributed by atoms with Crippen molar-refractivity contribution in [3.8, 4) is 0 Å². The zero-order valence-corrected chi connectivity index (χ0v) is 13.9. The van der Waals surface area contributed by atoms with Gasteiger partial charge in [-0.15, -0.1) is 12.4 Å². The largest absolute Gasteiger partial charge is 0.416 e. The van der Waals surface area contributed by atoms with E-state index in [0.29, 0.717) is 18.6 Å². The summed E-state index contributed by atoms with van der Waals surface area (Å²) in [5, 5.41) is 9.92. The van der Waals surface area contributed by atoms with E-state index in [1.165, 1.54) is 0 Å². The lowest BCUT2D eigenvalue weighted by molar-refractivity contribution is -0.143. The maximum atomic E-state index is 12.8. The van der Waals surface area contributed by atoms with Crippen molar-refractivity contribution in [2.24, 2.45) is 11.7 Å². The highest BCUT2D eigenvalue weighted by molar-refractivity contribution is 5.85. The van der Waals surface area contributed by atoms with Crippen molar-refractivity contribution < 1.29 is 31.4 Å². The van der Waals surface area contributed by atoms with Crippen LogP contribution in [0.25, 0.3) is 0 Å². The molecule has 0 heterocycles. The molecule has 0 aliphatic heterocycles. The minimum absolute atomic E-state index is 0. The SMILES string of the molecule is CC(C)CC[C@@H](O)[C@@H](N)c1cc(C(F)(F)F)cc(C(F)(F)F)c1.Cl. The number of hydrogen-bond acceptors (Lipinski definition) is 2. The van der Waals surface area contributed by atoms with Crippen molar-refractivity contribution in [2.45, 2.75) is 51.2 Å². The quantitative estimate of drug-likeness (QED) is 0.711. The molecule has 0 aromatic heterocycles. The average Bonchev–Trinajstić information content (AvgIpc) is 2.41. The Labute approximate surface area is 142 Å². The summed E-state index contributed by atoms with van der Waals surface area (Å²) in [5.74, 6) is 0.226. The number of nitrogens with two attached hydrogens (primary N) is 1. The zero-order valence-electron chi connectivity index (χ0n) is 13.1. The summed E-state index contributed by atoms with van der Waals surface area (Å²) in [4.78, 5) is 0. The van der Waals surface area contributed by atoms with Crippen molar-refractivity contribution >= 4 is 12.4 Å². The molecule has 1 rings (SSSR count). The second-order valence-electron chi connectivity index (χ2n) is 5.90. The normalized spacial score (nSPS) is 15.1. The van der Waals surface area contributed by atoms with E-state index in [-0.39, 0.29) is 36.4 Å². The van der Waals surface area contributed by atoms with Crippen molar-refractivity contribution in [2.75, 3.05) is 0 Å². The van der Waals surface area contributed by atoms with Crippen LogP contribution >= 0.6 is 12.4 Å². The van der Waals surface area contributed by atoms with E-state index in [4.69, 9.17) is 5.73 Å². The van der Waals surface area contributed by atoms with Gasteiger partial charge in [-0.2, -0.15) is 26.3 Å². The summed E-state index contributed by atoms with van der Waals surface area (Å²) in [6.07, 6.45) is -10.3. The fourth-order valence-corrected chi connectivity index (χ4v) is 2.08. The highest BCUT2D eigenvalue weighted by atomic mass is 35.5. The molecular weight excluding hydrogens is 360 g/mol. The minimum atomic E-state index is -4.93. The standard InChI is InChI=1S/C15H19F6NO.ClH/c1-8(2)3-4-12(23)13(22)9-5-10(14(16,17)18)7-11(6-9)15(19,20)21;/h5-8,12-13,23H,3-4,22H2,1-2H3;1H/t12-,13+;/m1./s1. The summed E-state index contributed by atoms with van der Waals surface area (Å²) >= 11 is 0. The van der Waals surface area contributed by atoms with Gasteiger partial charge in [0, 0.05) is 0 Å². The van der Waals surface area contributed by atoms with Crippen LogP contribution in [0.5, 0.6) is 0 Å². The van der Waals surface area contributed by atoms with Gasteiger partial charge in [0.25, 0.3) is 0 Å². The smallest absolute Gasteiger partial charge is 0.391 e. The van der Waals surface area contributed by atoms with Gasteiger partial charge in [0.05, 0.1) is 23.3 Å². The zero-order chi connectivity index (χ0) is 18.0. The fourth-order valence-electron chi connectivity index (χ4n) is 2.08. The number of benzene rings is 1. The fraction of sp³-hybridized carbons (Fsp3) is 0.600. The number of rotatable bonds is 5. The Morgan fingerprint density at radius 2 is 1.33 bits per heavy atom. The molecular formula is C15H20ClF6NO. The van der Waals surface area contributed by atoms with Gasteiger partial charge in [-0.25, -0.2) is 0 Å². The highest BCUT2D eigenvalue weighted by Gasteiger charge is 2.37. The van der Waals surface area contributed by atoms with E-state index in [1.807, 2.05) is 13.8 Å². The van der Waals surface area contributed by atoms with Crippen LogP contribution in [0, 0.1) is 5.92 Å². The summed E-state index contributed by atoms with van der Waals surface area (Å²) in [5.41, 5.74) is 2.41. The lowest BCUT2D eigenvalue weighted by atomic mass is 9.93. The third-order valence-electron chi connectivity index (χ3n) is 3.45. The third kappa shape index (κ3) is 6.49. The Hall–Kier alpha value is -0.990. The van der Waals surface area contributed by atoms with Gasteiger partial charge >= 0.3 is 12.4 Å². The van der Waals surface area contributed by atoms with Crippen LogP contribution in [0.15, 0.2) is 18.2 Å². The Bertz CT molecular complexity index is 497. The molecule has 1 aromatic carbocycles. The molecule has 3 N–H and O–H groups in total. The summed E-state index contributed by atoms with van der Waals surface area (Å²) in [6, 6.07) is -0.176. The maximum absolute atomic E-state index is 12.8. The molecule has 0 fully saturated rings. The van der Waals surface area contributed by atoms with Crippen molar-refractivity contribution in [1.82, 2.24) is 0 Å². The van der Waals surface area contributed by atoms with Crippen molar-refractivity contribution in [1.29, 1.82) is 0 Å². The van der Waals surface area contributed by atoms with E-state index >= 15 is 0 Å². The molecule has 0 aliphatic carbocycles. The van der Waals surface area contributed by atoms with Crippen LogP contribution in [0.1, 0.15) is 49.4 Å². The number of aliphatic hydroxyl groups is 1. The number of halogens is 7. The van der Waals surface area contributed by atoms with Crippen LogP contribution in [0.4, 0.5) is 26.3 Å². The van der Waals surface area contributed by atoms with E-state index in [1.54, 1.807) is 0 Å². The molecule has 9 heteroatoms. The van der Waals surface area contributed by atoms with Gasteiger partial charge in [0.1, 0.15) is 0 Å². The summed E-state index contributed by atoms with van der Waals surface area (Å²) in [6.45, 7) is 3.76. The third-order valence-corrected chi connectivity index (χ3v) is 3.45.